The molecule has 0 aliphatic carbocycles. The maximum absolute atomic E-state index is 12.8. The molecule has 2 heterocycles. The molecular formula is C16H13NO4S. The molecule has 0 amide bonds. The summed E-state index contributed by atoms with van der Waals surface area (Å²) in [5, 5.41) is 2.91. The van der Waals surface area contributed by atoms with Gasteiger partial charge >= 0.3 is 5.97 Å². The van der Waals surface area contributed by atoms with Gasteiger partial charge in [-0.25, -0.2) is 4.98 Å². The summed E-state index contributed by atoms with van der Waals surface area (Å²) in [6, 6.07) is 3.39. The van der Waals surface area contributed by atoms with Crippen LogP contribution in [0.2, 0.25) is 0 Å². The molecule has 5 nitrogen and oxygen atoms in total. The van der Waals surface area contributed by atoms with Crippen molar-refractivity contribution in [3.05, 3.63) is 44.6 Å². The second kappa shape index (κ2) is 5.38. The largest absolute Gasteiger partial charge is 0.463 e. The van der Waals surface area contributed by atoms with Crippen molar-refractivity contribution in [1.29, 1.82) is 0 Å². The predicted octanol–water partition coefficient (Wildman–Crippen LogP) is 3.46. The first kappa shape index (κ1) is 14.5. The topological polar surface area (TPSA) is 69.4 Å². The van der Waals surface area contributed by atoms with Gasteiger partial charge in [0.25, 0.3) is 0 Å². The van der Waals surface area contributed by atoms with E-state index in [1.165, 1.54) is 24.5 Å². The molecule has 3 rings (SSSR count). The Kier molecular flexibility index (Phi) is 3.54. The number of carbonyl (C=O) groups excluding carboxylic acids is 1. The zero-order valence-corrected chi connectivity index (χ0v) is 13.1. The Balaban J connectivity index is 2.31. The van der Waals surface area contributed by atoms with Crippen LogP contribution in [0.5, 0.6) is 5.75 Å². The van der Waals surface area contributed by atoms with Crippen LogP contribution >= 0.6 is 11.3 Å². The number of carbonyl (C=O) groups is 1. The second-order valence-corrected chi connectivity index (χ2v) is 6.02. The fraction of sp³-hybridized carbons (Fsp3) is 0.188. The highest BCUT2D eigenvalue weighted by atomic mass is 32.1. The molecule has 0 fully saturated rings. The first-order valence-corrected chi connectivity index (χ1v) is 7.51. The van der Waals surface area contributed by atoms with Crippen molar-refractivity contribution in [2.24, 2.45) is 0 Å². The molecule has 0 saturated carbocycles. The van der Waals surface area contributed by atoms with E-state index in [0.717, 1.165) is 10.6 Å². The minimum Gasteiger partial charge on any atom is -0.463 e. The van der Waals surface area contributed by atoms with Crippen LogP contribution in [0.4, 0.5) is 0 Å². The Hall–Kier alpha value is -2.47. The van der Waals surface area contributed by atoms with E-state index in [0.29, 0.717) is 16.8 Å². The van der Waals surface area contributed by atoms with Gasteiger partial charge in [0.05, 0.1) is 16.3 Å². The molecule has 6 heteroatoms. The van der Waals surface area contributed by atoms with Crippen molar-refractivity contribution in [1.82, 2.24) is 4.98 Å². The van der Waals surface area contributed by atoms with Crippen LogP contribution in [0.15, 0.2) is 33.0 Å². The summed E-state index contributed by atoms with van der Waals surface area (Å²) in [4.78, 5) is 28.3. The highest BCUT2D eigenvalue weighted by Crippen LogP contribution is 2.28. The molecule has 0 aliphatic heterocycles. The molecule has 0 unspecified atom stereocenters. The van der Waals surface area contributed by atoms with Crippen molar-refractivity contribution in [2.45, 2.75) is 20.8 Å². The zero-order chi connectivity index (χ0) is 15.9. The normalized spacial score (nSPS) is 10.9. The molecule has 0 bridgehead atoms. The Morgan fingerprint density at radius 2 is 2.09 bits per heavy atom. The van der Waals surface area contributed by atoms with E-state index in [9.17, 15) is 9.59 Å². The first-order chi connectivity index (χ1) is 10.5. The van der Waals surface area contributed by atoms with E-state index in [1.807, 2.05) is 13.8 Å². The Morgan fingerprint density at radius 3 is 2.73 bits per heavy atom. The number of nitrogens with zero attached hydrogens (tertiary/aromatic N) is 1. The number of esters is 1. The number of fused-ring (bicyclic) bond motifs is 1. The number of aromatic nitrogens is 1. The van der Waals surface area contributed by atoms with Crippen LogP contribution in [-0.4, -0.2) is 11.0 Å². The Morgan fingerprint density at radius 1 is 1.32 bits per heavy atom. The van der Waals surface area contributed by atoms with Crippen molar-refractivity contribution in [3.8, 4) is 17.0 Å². The van der Waals surface area contributed by atoms with Gasteiger partial charge in [0, 0.05) is 12.3 Å². The van der Waals surface area contributed by atoms with Crippen LogP contribution < -0.4 is 10.2 Å². The summed E-state index contributed by atoms with van der Waals surface area (Å²) in [5.74, 6) is -0.272. The summed E-state index contributed by atoms with van der Waals surface area (Å²) in [6.07, 6.45) is 1.40. The van der Waals surface area contributed by atoms with Gasteiger partial charge in [-0.15, -0.1) is 11.3 Å². The maximum Gasteiger partial charge on any atom is 0.308 e. The summed E-state index contributed by atoms with van der Waals surface area (Å²) in [5.41, 5.74) is 1.88. The number of hydrogen-bond donors (Lipinski definition) is 0. The first-order valence-electron chi connectivity index (χ1n) is 6.63. The van der Waals surface area contributed by atoms with Gasteiger partial charge in [0.15, 0.2) is 0 Å². The van der Waals surface area contributed by atoms with E-state index in [-0.39, 0.29) is 16.6 Å². The van der Waals surface area contributed by atoms with Crippen LogP contribution in [0.25, 0.3) is 22.2 Å². The lowest BCUT2D eigenvalue weighted by Crippen LogP contribution is -2.10. The molecular weight excluding hydrogens is 302 g/mol. The van der Waals surface area contributed by atoms with E-state index >= 15 is 0 Å². The number of rotatable bonds is 2. The lowest BCUT2D eigenvalue weighted by molar-refractivity contribution is -0.131. The van der Waals surface area contributed by atoms with E-state index < -0.39 is 5.97 Å². The van der Waals surface area contributed by atoms with Crippen molar-refractivity contribution in [3.63, 3.8) is 0 Å². The molecule has 1 aromatic carbocycles. The fourth-order valence-corrected chi connectivity index (χ4v) is 2.86. The molecule has 3 aromatic rings. The van der Waals surface area contributed by atoms with E-state index in [2.05, 4.69) is 4.98 Å². The molecule has 22 heavy (non-hydrogen) atoms. The van der Waals surface area contributed by atoms with Gasteiger partial charge in [-0.05, 0) is 31.5 Å². The monoisotopic (exact) mass is 315 g/mol. The molecule has 0 saturated heterocycles. The van der Waals surface area contributed by atoms with Gasteiger partial charge in [-0.2, -0.15) is 0 Å². The molecule has 0 radical (unpaired) electrons. The number of aryl methyl sites for hydroxylation is 2. The standard InChI is InChI=1S/C16H13NO4S/c1-8-4-13-15(14(5-8)21-10(3)18)16(19)11(6-20-13)12-7-22-9(2)17-12/h4-7H,1-3H3. The molecule has 2 aromatic heterocycles. The number of hydrogen-bond acceptors (Lipinski definition) is 6. The highest BCUT2D eigenvalue weighted by Gasteiger charge is 2.16. The maximum atomic E-state index is 12.8. The van der Waals surface area contributed by atoms with Crippen LogP contribution in [-0.2, 0) is 4.79 Å². The van der Waals surface area contributed by atoms with Gasteiger partial charge < -0.3 is 9.15 Å². The number of thiazole rings is 1. The molecule has 112 valence electrons. The third-order valence-corrected chi connectivity index (χ3v) is 3.91. The van der Waals surface area contributed by atoms with E-state index in [1.54, 1.807) is 17.5 Å². The molecule has 0 spiro atoms. The van der Waals surface area contributed by atoms with Gasteiger partial charge in [0.2, 0.25) is 5.43 Å². The third kappa shape index (κ3) is 2.53. The summed E-state index contributed by atoms with van der Waals surface area (Å²) in [7, 11) is 0. The summed E-state index contributed by atoms with van der Waals surface area (Å²) < 4.78 is 10.7. The van der Waals surface area contributed by atoms with Gasteiger partial charge in [0.1, 0.15) is 23.0 Å². The van der Waals surface area contributed by atoms with Gasteiger partial charge in [-0.3, -0.25) is 9.59 Å². The van der Waals surface area contributed by atoms with Crippen LogP contribution in [0.3, 0.4) is 0 Å². The number of ether oxygens (including phenoxy) is 1. The van der Waals surface area contributed by atoms with Crippen molar-refractivity contribution >= 4 is 28.3 Å². The predicted molar refractivity (Wildman–Crippen MR) is 84.4 cm³/mol. The number of benzene rings is 1. The fourth-order valence-electron chi connectivity index (χ4n) is 2.25. The summed E-state index contributed by atoms with van der Waals surface area (Å²) in [6.45, 7) is 5.00. The minimum absolute atomic E-state index is 0.213. The zero-order valence-electron chi connectivity index (χ0n) is 12.3. The highest BCUT2D eigenvalue weighted by molar-refractivity contribution is 7.09. The Bertz CT molecular complexity index is 939. The second-order valence-electron chi connectivity index (χ2n) is 4.96. The molecule has 0 atom stereocenters. The SMILES string of the molecule is CC(=O)Oc1cc(C)cc2occ(-c3csc(C)n3)c(=O)c12. The molecule has 0 N–H and O–H groups in total. The average Bonchev–Trinajstić information content (AvgIpc) is 2.84. The minimum atomic E-state index is -0.485. The lowest BCUT2D eigenvalue weighted by atomic mass is 10.1. The van der Waals surface area contributed by atoms with Gasteiger partial charge in [-0.1, -0.05) is 0 Å². The third-order valence-electron chi connectivity index (χ3n) is 3.13. The summed E-state index contributed by atoms with van der Waals surface area (Å²) >= 11 is 1.45. The quantitative estimate of drug-likeness (QED) is 0.535. The van der Waals surface area contributed by atoms with Crippen LogP contribution in [0, 0.1) is 13.8 Å². The van der Waals surface area contributed by atoms with Crippen molar-refractivity contribution < 1.29 is 13.9 Å². The van der Waals surface area contributed by atoms with Crippen molar-refractivity contribution in [2.75, 3.05) is 0 Å². The Labute approximate surface area is 130 Å². The molecule has 0 aliphatic rings. The van der Waals surface area contributed by atoms with E-state index in [4.69, 9.17) is 9.15 Å². The smallest absolute Gasteiger partial charge is 0.308 e. The van der Waals surface area contributed by atoms with Crippen LogP contribution in [0.1, 0.15) is 17.5 Å². The lowest BCUT2D eigenvalue weighted by Gasteiger charge is -2.07. The average molecular weight is 315 g/mol.